The van der Waals surface area contributed by atoms with E-state index in [4.69, 9.17) is 9.47 Å². The molecule has 3 aliphatic carbocycles. The first-order valence-corrected chi connectivity index (χ1v) is 12.7. The molecule has 0 radical (unpaired) electrons. The average Bonchev–Trinajstić information content (AvgIpc) is 3.49. The third kappa shape index (κ3) is 4.11. The lowest BCUT2D eigenvalue weighted by Crippen LogP contribution is -2.39. The van der Waals surface area contributed by atoms with Crippen molar-refractivity contribution in [2.24, 2.45) is 10.8 Å². The first-order valence-electron chi connectivity index (χ1n) is 12.7. The standard InChI is InChI=1S/C31H32O5/c1-21-16-30(15-9-14-27(30)32)22(2)26-18-31(17-25(21)26,28(33)35-19-23-10-5-3-6-11-23)29(34)36-20-24-12-7-4-8-13-24/h3-8,10-13H,9,14-20H2,1-2H3/t30-/m0/s1. The number of hydrogen-bond acceptors (Lipinski definition) is 5. The highest BCUT2D eigenvalue weighted by Gasteiger charge is 2.58. The van der Waals surface area contributed by atoms with E-state index in [-0.39, 0.29) is 31.8 Å². The van der Waals surface area contributed by atoms with E-state index in [2.05, 4.69) is 0 Å². The van der Waals surface area contributed by atoms with E-state index in [1.807, 2.05) is 74.5 Å². The van der Waals surface area contributed by atoms with Crippen LogP contribution in [0.3, 0.4) is 0 Å². The second kappa shape index (κ2) is 9.53. The molecule has 2 aromatic carbocycles. The zero-order valence-electron chi connectivity index (χ0n) is 21.0. The highest BCUT2D eigenvalue weighted by atomic mass is 16.6. The number of ether oxygens (including phenoxy) is 2. The molecule has 0 bridgehead atoms. The van der Waals surface area contributed by atoms with Gasteiger partial charge in [-0.3, -0.25) is 14.4 Å². The van der Waals surface area contributed by atoms with Crippen LogP contribution in [0.15, 0.2) is 83.0 Å². The van der Waals surface area contributed by atoms with Crippen LogP contribution in [0.4, 0.5) is 0 Å². The van der Waals surface area contributed by atoms with Gasteiger partial charge in [0.2, 0.25) is 0 Å². The summed E-state index contributed by atoms with van der Waals surface area (Å²) in [6.45, 7) is 4.24. The number of benzene rings is 2. The summed E-state index contributed by atoms with van der Waals surface area (Å²) in [6.07, 6.45) is 3.44. The molecular formula is C31H32O5. The lowest BCUT2D eigenvalue weighted by molar-refractivity contribution is -0.173. The van der Waals surface area contributed by atoms with Crippen LogP contribution >= 0.6 is 0 Å². The summed E-state index contributed by atoms with van der Waals surface area (Å²) in [5.74, 6) is -0.848. The molecule has 2 saturated carbocycles. The van der Waals surface area contributed by atoms with Crippen LogP contribution in [0.5, 0.6) is 0 Å². The van der Waals surface area contributed by atoms with Crippen molar-refractivity contribution >= 4 is 17.7 Å². The Balaban J connectivity index is 1.47. The number of esters is 2. The van der Waals surface area contributed by atoms with Gasteiger partial charge in [-0.1, -0.05) is 71.8 Å². The summed E-state index contributed by atoms with van der Waals surface area (Å²) in [5.41, 5.74) is 3.89. The van der Waals surface area contributed by atoms with E-state index in [1.54, 1.807) is 0 Å². The second-order valence-corrected chi connectivity index (χ2v) is 10.5. The summed E-state index contributed by atoms with van der Waals surface area (Å²) in [7, 11) is 0. The van der Waals surface area contributed by atoms with Crippen LogP contribution in [0, 0.1) is 10.8 Å². The zero-order chi connectivity index (χ0) is 25.3. The minimum Gasteiger partial charge on any atom is -0.460 e. The van der Waals surface area contributed by atoms with Gasteiger partial charge >= 0.3 is 11.9 Å². The van der Waals surface area contributed by atoms with Gasteiger partial charge in [0.05, 0.1) is 5.41 Å². The van der Waals surface area contributed by atoms with Gasteiger partial charge in [-0.2, -0.15) is 0 Å². The SMILES string of the molecule is CC1=C2CC(C(=O)OCc3ccccc3)(C(=O)OCc3ccccc3)CC2=C(C)[C@]2(CCCC2=O)C1. The van der Waals surface area contributed by atoms with Crippen molar-refractivity contribution < 1.29 is 23.9 Å². The lowest BCUT2D eigenvalue weighted by Gasteiger charge is -2.35. The fraction of sp³-hybridized carbons (Fsp3) is 0.387. The minimum absolute atomic E-state index is 0.0892. The fourth-order valence-corrected chi connectivity index (χ4v) is 6.24. The molecule has 0 unspecified atom stereocenters. The summed E-state index contributed by atoms with van der Waals surface area (Å²) in [6, 6.07) is 18.9. The van der Waals surface area contributed by atoms with Crippen molar-refractivity contribution in [1.82, 2.24) is 0 Å². The Labute approximate surface area is 212 Å². The van der Waals surface area contributed by atoms with Crippen LogP contribution in [-0.4, -0.2) is 17.7 Å². The highest BCUT2D eigenvalue weighted by Crippen LogP contribution is 2.58. The van der Waals surface area contributed by atoms with E-state index < -0.39 is 22.8 Å². The largest absolute Gasteiger partial charge is 0.460 e. The Bertz CT molecular complexity index is 1200. The maximum Gasteiger partial charge on any atom is 0.324 e. The van der Waals surface area contributed by atoms with Gasteiger partial charge in [0.1, 0.15) is 19.0 Å². The van der Waals surface area contributed by atoms with Crippen LogP contribution in [0.2, 0.25) is 0 Å². The number of rotatable bonds is 6. The van der Waals surface area contributed by atoms with Crippen LogP contribution in [0.25, 0.3) is 0 Å². The molecule has 36 heavy (non-hydrogen) atoms. The molecule has 0 aromatic heterocycles. The Morgan fingerprint density at radius 3 is 1.81 bits per heavy atom. The van der Waals surface area contributed by atoms with Gasteiger partial charge in [0.15, 0.2) is 5.41 Å². The third-order valence-corrected chi connectivity index (χ3v) is 8.32. The normalized spacial score (nSPS) is 22.7. The summed E-state index contributed by atoms with van der Waals surface area (Å²) < 4.78 is 11.5. The fourth-order valence-electron chi connectivity index (χ4n) is 6.24. The molecule has 0 N–H and O–H groups in total. The number of ketones is 1. The molecule has 2 aromatic rings. The molecule has 3 aliphatic rings. The Hall–Kier alpha value is -3.47. The number of hydrogen-bond donors (Lipinski definition) is 0. The number of carbonyl (C=O) groups excluding carboxylic acids is 3. The molecule has 186 valence electrons. The molecule has 2 fully saturated rings. The number of carbonyl (C=O) groups is 3. The molecule has 0 aliphatic heterocycles. The van der Waals surface area contributed by atoms with E-state index in [0.29, 0.717) is 12.8 Å². The van der Waals surface area contributed by atoms with Crippen LogP contribution in [0.1, 0.15) is 63.5 Å². The number of allylic oxidation sites excluding steroid dienone is 4. The summed E-state index contributed by atoms with van der Waals surface area (Å²) in [4.78, 5) is 40.4. The highest BCUT2D eigenvalue weighted by molar-refractivity contribution is 6.02. The van der Waals surface area contributed by atoms with Crippen molar-refractivity contribution in [3.05, 3.63) is 94.1 Å². The van der Waals surface area contributed by atoms with Crippen molar-refractivity contribution in [3.63, 3.8) is 0 Å². The smallest absolute Gasteiger partial charge is 0.324 e. The van der Waals surface area contributed by atoms with Gasteiger partial charge in [0, 0.05) is 6.42 Å². The summed E-state index contributed by atoms with van der Waals surface area (Å²) in [5, 5.41) is 0. The molecule has 0 amide bonds. The Morgan fingerprint density at radius 2 is 1.31 bits per heavy atom. The molecule has 0 saturated heterocycles. The third-order valence-electron chi connectivity index (χ3n) is 8.32. The minimum atomic E-state index is -1.45. The molecule has 5 heteroatoms. The molecule has 1 spiro atoms. The van der Waals surface area contributed by atoms with E-state index in [9.17, 15) is 14.4 Å². The molecule has 5 nitrogen and oxygen atoms in total. The summed E-state index contributed by atoms with van der Waals surface area (Å²) >= 11 is 0. The van der Waals surface area contributed by atoms with Crippen molar-refractivity contribution in [3.8, 4) is 0 Å². The second-order valence-electron chi connectivity index (χ2n) is 10.5. The first-order chi connectivity index (χ1) is 17.4. The van der Waals surface area contributed by atoms with E-state index in [1.165, 1.54) is 0 Å². The van der Waals surface area contributed by atoms with Crippen molar-refractivity contribution in [2.45, 2.75) is 65.6 Å². The molecule has 5 rings (SSSR count). The number of fused-ring (bicyclic) bond motifs is 1. The van der Waals surface area contributed by atoms with Gasteiger partial charge < -0.3 is 9.47 Å². The maximum atomic E-state index is 13.7. The topological polar surface area (TPSA) is 69.7 Å². The van der Waals surface area contributed by atoms with E-state index >= 15 is 0 Å². The zero-order valence-corrected chi connectivity index (χ0v) is 21.0. The molecular weight excluding hydrogens is 452 g/mol. The molecule has 1 atom stereocenters. The average molecular weight is 485 g/mol. The lowest BCUT2D eigenvalue weighted by atomic mass is 9.67. The Kier molecular flexibility index (Phi) is 6.42. The monoisotopic (exact) mass is 484 g/mol. The van der Waals surface area contributed by atoms with Crippen LogP contribution in [-0.2, 0) is 37.1 Å². The first kappa shape index (κ1) is 24.2. The predicted octanol–water partition coefficient (Wildman–Crippen LogP) is 6.03. The quantitative estimate of drug-likeness (QED) is 0.370. The van der Waals surface area contributed by atoms with Crippen molar-refractivity contribution in [2.75, 3.05) is 0 Å². The van der Waals surface area contributed by atoms with Gasteiger partial charge in [-0.15, -0.1) is 0 Å². The van der Waals surface area contributed by atoms with Gasteiger partial charge in [-0.25, -0.2) is 0 Å². The molecule has 0 heterocycles. The van der Waals surface area contributed by atoms with Crippen molar-refractivity contribution in [1.29, 1.82) is 0 Å². The van der Waals surface area contributed by atoms with Gasteiger partial charge in [0.25, 0.3) is 0 Å². The maximum absolute atomic E-state index is 13.7. The Morgan fingerprint density at radius 1 is 0.778 bits per heavy atom. The van der Waals surface area contributed by atoms with Gasteiger partial charge in [-0.05, 0) is 68.2 Å². The predicted molar refractivity (Wildman–Crippen MR) is 135 cm³/mol. The van der Waals surface area contributed by atoms with E-state index in [0.717, 1.165) is 46.3 Å². The van der Waals surface area contributed by atoms with Crippen LogP contribution < -0.4 is 0 Å². The number of Topliss-reactive ketones (excluding diaryl/α,β-unsaturated/α-hetero) is 1.